The Morgan fingerprint density at radius 3 is 2.22 bits per heavy atom. The van der Waals surface area contributed by atoms with E-state index < -0.39 is 0 Å². The zero-order valence-corrected chi connectivity index (χ0v) is 12.3. The second-order valence-corrected chi connectivity index (χ2v) is 6.07. The van der Waals surface area contributed by atoms with Gasteiger partial charge in [0.1, 0.15) is 0 Å². The molecule has 0 fully saturated rings. The van der Waals surface area contributed by atoms with Crippen LogP contribution in [0.4, 0.5) is 10.8 Å². The van der Waals surface area contributed by atoms with Gasteiger partial charge in [0.25, 0.3) is 0 Å². The van der Waals surface area contributed by atoms with Gasteiger partial charge in [-0.15, -0.1) is 15.9 Å². The quantitative estimate of drug-likeness (QED) is 0.575. The van der Waals surface area contributed by atoms with E-state index in [0.29, 0.717) is 0 Å². The minimum Gasteiger partial charge on any atom is -0.682 e. The second kappa shape index (κ2) is 7.48. The summed E-state index contributed by atoms with van der Waals surface area (Å²) in [6.45, 7) is 0. The molecule has 0 amide bonds. The molecule has 2 aromatic carbocycles. The first kappa shape index (κ1) is 16.0. The number of fused-ring (bicyclic) bond motifs is 1. The molecule has 0 spiro atoms. The fourth-order valence-electron chi connectivity index (χ4n) is 1.56. The largest absolute Gasteiger partial charge is 1.00 e. The molecule has 18 heavy (non-hydrogen) atoms. The molecule has 0 aliphatic rings. The summed E-state index contributed by atoms with van der Waals surface area (Å²) in [6.07, 6.45) is 0. The molecular weight excluding hydrogens is 246 g/mol. The zero-order valence-electron chi connectivity index (χ0n) is 10.5. The molecule has 1 nitrogen and oxygen atoms in total. The van der Waals surface area contributed by atoms with Gasteiger partial charge < -0.3 is 21.7 Å². The van der Waals surface area contributed by atoms with Crippen LogP contribution in [0.2, 0.25) is 0 Å². The number of hydrogen-bond acceptors (Lipinski definition) is 0. The van der Waals surface area contributed by atoms with Crippen LogP contribution in [0.25, 0.3) is 15.6 Å². The van der Waals surface area contributed by atoms with Gasteiger partial charge in [0.2, 0.25) is 0 Å². The molecular formula is C13H9Li2NP2. The molecule has 0 saturated carbocycles. The van der Waals surface area contributed by atoms with Gasteiger partial charge in [-0.25, -0.2) is 0 Å². The van der Waals surface area contributed by atoms with E-state index in [2.05, 4.69) is 29.6 Å². The minimum atomic E-state index is 0. The molecule has 0 N–H and O–H groups in total. The van der Waals surface area contributed by atoms with Crippen molar-refractivity contribution in [2.24, 2.45) is 0 Å². The van der Waals surface area contributed by atoms with Crippen molar-refractivity contribution in [1.29, 1.82) is 0 Å². The molecule has 1 aromatic heterocycles. The molecule has 0 bridgehead atoms. The van der Waals surface area contributed by atoms with Gasteiger partial charge in [-0.3, -0.25) is 5.15 Å². The van der Waals surface area contributed by atoms with Crippen molar-refractivity contribution in [3.05, 3.63) is 59.9 Å². The molecule has 3 aromatic rings. The Hall–Kier alpha value is -0.0952. The first-order chi connectivity index (χ1) is 7.92. The Balaban J connectivity index is 0.000000810. The maximum atomic E-state index is 4.66. The number of hydrogen-bond donors (Lipinski definition) is 0. The first-order valence-corrected chi connectivity index (χ1v) is 6.87. The molecule has 5 heteroatoms. The number of nitrogens with zero attached hydrogens (tertiary/aromatic N) is 1. The zero-order chi connectivity index (χ0) is 10.8. The van der Waals surface area contributed by atoms with Crippen molar-refractivity contribution < 1.29 is 37.7 Å². The van der Waals surface area contributed by atoms with Crippen molar-refractivity contribution in [2.45, 2.75) is 0 Å². The van der Waals surface area contributed by atoms with E-state index >= 15 is 0 Å². The molecule has 0 atom stereocenters. The second-order valence-electron chi connectivity index (χ2n) is 3.46. The van der Waals surface area contributed by atoms with E-state index in [4.69, 9.17) is 0 Å². The summed E-state index contributed by atoms with van der Waals surface area (Å²) < 4.78 is 0. The van der Waals surface area contributed by atoms with Crippen LogP contribution in [0.1, 0.15) is 0 Å². The molecule has 1 heterocycles. The molecule has 0 aliphatic heterocycles. The van der Waals surface area contributed by atoms with Crippen LogP contribution in [-0.4, -0.2) is 0 Å². The van der Waals surface area contributed by atoms with Gasteiger partial charge in [0, 0.05) is 0 Å². The Morgan fingerprint density at radius 2 is 1.50 bits per heavy atom. The van der Waals surface area contributed by atoms with Crippen LogP contribution in [0.3, 0.4) is 0 Å². The number of rotatable bonds is 2. The monoisotopic (exact) mass is 255 g/mol. The third-order valence-corrected chi connectivity index (χ3v) is 4.95. The van der Waals surface area contributed by atoms with Crippen molar-refractivity contribution in [2.75, 3.05) is 0 Å². The van der Waals surface area contributed by atoms with Crippen LogP contribution in [0.15, 0.2) is 54.6 Å². The van der Waals surface area contributed by atoms with Gasteiger partial charge >= 0.3 is 37.7 Å². The first-order valence-electron chi connectivity index (χ1n) is 5.08. The summed E-state index contributed by atoms with van der Waals surface area (Å²) in [5, 5.41) is 8.66. The van der Waals surface area contributed by atoms with Crippen molar-refractivity contribution in [3.63, 3.8) is 0 Å². The number of benzene rings is 2. The average molecular weight is 255 g/mol. The van der Waals surface area contributed by atoms with Gasteiger partial charge in [0.15, 0.2) is 0 Å². The normalized spacial score (nSPS) is 10.2. The van der Waals surface area contributed by atoms with E-state index in [9.17, 15) is 0 Å². The van der Waals surface area contributed by atoms with Crippen LogP contribution >= 0.6 is 16.4 Å². The van der Waals surface area contributed by atoms with Gasteiger partial charge in [-0.1, -0.05) is 54.6 Å². The topological polar surface area (TPSA) is 14.1 Å². The van der Waals surface area contributed by atoms with Gasteiger partial charge in [0.05, 0.1) is 0 Å². The molecule has 78 valence electrons. The van der Waals surface area contributed by atoms with Crippen LogP contribution in [0.5, 0.6) is 0 Å². The molecule has 0 aliphatic carbocycles. The summed E-state index contributed by atoms with van der Waals surface area (Å²) in [4.78, 5) is 0. The fraction of sp³-hybridized carbons (Fsp3) is 0. The molecule has 0 unspecified atom stereocenters. The maximum absolute atomic E-state index is 4.66. The van der Waals surface area contributed by atoms with Crippen molar-refractivity contribution in [3.8, 4) is 0 Å². The Bertz CT molecular complexity index is 577. The maximum Gasteiger partial charge on any atom is 1.00 e. The average Bonchev–Trinajstić information content (AvgIpc) is 2.72. The summed E-state index contributed by atoms with van der Waals surface area (Å²) >= 11 is 0. The van der Waals surface area contributed by atoms with Crippen LogP contribution in [0, 0.1) is 0 Å². The van der Waals surface area contributed by atoms with E-state index in [0.717, 1.165) is 5.69 Å². The SMILES string of the molecule is [Li+].[Li+].c1ccc([N-]c2pc3ccccc3[p-]2)cc1. The predicted molar refractivity (Wildman–Crippen MR) is 73.7 cm³/mol. The summed E-state index contributed by atoms with van der Waals surface area (Å²) in [6, 6.07) is 18.7. The van der Waals surface area contributed by atoms with Crippen molar-refractivity contribution >= 4 is 37.5 Å². The van der Waals surface area contributed by atoms with E-state index in [1.165, 1.54) is 31.8 Å². The van der Waals surface area contributed by atoms with Crippen LogP contribution in [-0.2, 0) is 0 Å². The van der Waals surface area contributed by atoms with E-state index in [1.54, 1.807) is 0 Å². The number of para-hydroxylation sites is 1. The summed E-state index contributed by atoms with van der Waals surface area (Å²) in [5.74, 6) is 0. The van der Waals surface area contributed by atoms with Crippen LogP contribution < -0.4 is 37.7 Å². The Morgan fingerprint density at radius 1 is 0.833 bits per heavy atom. The van der Waals surface area contributed by atoms with E-state index in [-0.39, 0.29) is 37.7 Å². The third-order valence-electron chi connectivity index (χ3n) is 2.31. The van der Waals surface area contributed by atoms with Gasteiger partial charge in [-0.2, -0.15) is 0 Å². The molecule has 0 saturated heterocycles. The summed E-state index contributed by atoms with van der Waals surface area (Å²) in [5.41, 5.74) is 1.05. The van der Waals surface area contributed by atoms with E-state index in [1.807, 2.05) is 30.3 Å². The molecule has 0 radical (unpaired) electrons. The minimum absolute atomic E-state index is 0. The third kappa shape index (κ3) is 3.70. The van der Waals surface area contributed by atoms with Gasteiger partial charge in [-0.05, 0) is 0 Å². The summed E-state index contributed by atoms with van der Waals surface area (Å²) in [7, 11) is 2.50. The predicted octanol–water partition coefficient (Wildman–Crippen LogP) is 0.0638. The molecule has 3 rings (SSSR count). The van der Waals surface area contributed by atoms with Crippen molar-refractivity contribution in [1.82, 2.24) is 0 Å². The smallest absolute Gasteiger partial charge is 0.682 e. The fourth-order valence-corrected chi connectivity index (χ4v) is 4.17. The standard InChI is InChI=1S/C13H9NP2.2Li/c1-2-6-10(7-3-1)14-13-15-11-8-4-5-9-12(11)16-13;;/h1-9H;;/q-2;2*+1. The Labute approximate surface area is 134 Å². The Kier molecular flexibility index (Phi) is 6.64.